The minimum atomic E-state index is -4.17. The van der Waals surface area contributed by atoms with Crippen LogP contribution in [0.1, 0.15) is 27.7 Å². The molecule has 1 unspecified atom stereocenters. The molecule has 1 atom stereocenters. The van der Waals surface area contributed by atoms with Crippen molar-refractivity contribution < 1.29 is 17.4 Å². The van der Waals surface area contributed by atoms with Crippen LogP contribution in [-0.4, -0.2) is 29.0 Å². The lowest BCUT2D eigenvalue weighted by Gasteiger charge is -2.17. The number of rotatable bonds is 5. The first-order valence-corrected chi connectivity index (χ1v) is 11.2. The highest BCUT2D eigenvalue weighted by Gasteiger charge is 2.34. The summed E-state index contributed by atoms with van der Waals surface area (Å²) in [7, 11) is -4.17. The van der Waals surface area contributed by atoms with Crippen molar-refractivity contribution in [1.82, 2.24) is 14.8 Å². The third kappa shape index (κ3) is 2.94. The molecular weight excluding hydrogens is 428 g/mol. The third-order valence-corrected chi connectivity index (χ3v) is 6.67. The second-order valence-electron chi connectivity index (χ2n) is 7.45. The lowest BCUT2D eigenvalue weighted by Crippen LogP contribution is -2.17. The molecule has 0 aliphatic heterocycles. The van der Waals surface area contributed by atoms with Crippen LogP contribution < -0.4 is 9.92 Å². The summed E-state index contributed by atoms with van der Waals surface area (Å²) in [5, 5.41) is 5.08. The van der Waals surface area contributed by atoms with Gasteiger partial charge in [0.05, 0.1) is 16.6 Å². The average molecular weight is 446 g/mol. The zero-order valence-corrected chi connectivity index (χ0v) is 17.8. The number of hydrogen-bond acceptors (Lipinski definition) is 7. The first-order valence-electron chi connectivity index (χ1n) is 9.75. The van der Waals surface area contributed by atoms with Crippen molar-refractivity contribution in [2.24, 2.45) is 5.73 Å². The van der Waals surface area contributed by atoms with E-state index in [1.807, 2.05) is 6.92 Å². The van der Waals surface area contributed by atoms with Crippen molar-refractivity contribution in [1.29, 1.82) is 0 Å². The number of benzene rings is 2. The number of ketones is 1. The number of carbonyl (C=O) groups excluding carboxylic acids is 1. The van der Waals surface area contributed by atoms with Gasteiger partial charge in [-0.2, -0.15) is 13.5 Å². The summed E-state index contributed by atoms with van der Waals surface area (Å²) in [6.45, 7) is 5.57. The normalized spacial score (nSPS) is 13.6. The van der Waals surface area contributed by atoms with Gasteiger partial charge in [-0.3, -0.25) is 9.78 Å². The lowest BCUT2D eigenvalue weighted by molar-refractivity contribution is 0.103. The Bertz CT molecular complexity index is 1520. The Hall–Kier alpha value is -3.82. The van der Waals surface area contributed by atoms with Crippen LogP contribution in [0.5, 0.6) is 5.75 Å². The molecule has 5 rings (SSSR count). The second-order valence-corrected chi connectivity index (χ2v) is 9.00. The van der Waals surface area contributed by atoms with Crippen LogP contribution in [0, 0.1) is 6.92 Å². The fourth-order valence-electron chi connectivity index (χ4n) is 3.81. The summed E-state index contributed by atoms with van der Waals surface area (Å²) in [6, 6.07) is 11.0. The summed E-state index contributed by atoms with van der Waals surface area (Å²) in [5.74, 6) is -0.474. The molecule has 160 valence electrons. The molecule has 0 saturated heterocycles. The molecule has 2 heterocycles. The molecule has 0 amide bonds. The lowest BCUT2D eigenvalue weighted by atomic mass is 9.88. The molecule has 0 saturated carbocycles. The summed E-state index contributed by atoms with van der Waals surface area (Å²) in [6.07, 6.45) is 3.89. The maximum atomic E-state index is 13.4. The predicted molar refractivity (Wildman–Crippen MR) is 119 cm³/mol. The van der Waals surface area contributed by atoms with E-state index in [4.69, 9.17) is 9.92 Å². The standard InChI is InChI=1S/C23H18N4O4S/c1-3-19(24)27-17-8-9-18(31-32(29,30)14-6-4-13(2)5-7-14)21-20(17)22(26-27)15-10-11-25-12-16(15)23(21)28/h3-12,19H,1,24H2,2H3. The molecule has 0 spiro atoms. The highest BCUT2D eigenvalue weighted by atomic mass is 32.2. The quantitative estimate of drug-likeness (QED) is 0.325. The maximum Gasteiger partial charge on any atom is 0.339 e. The highest BCUT2D eigenvalue weighted by Crippen LogP contribution is 2.43. The summed E-state index contributed by atoms with van der Waals surface area (Å²) >= 11 is 0. The number of aromatic nitrogens is 3. The zero-order chi connectivity index (χ0) is 22.6. The van der Waals surface area contributed by atoms with E-state index in [9.17, 15) is 13.2 Å². The molecule has 1 aliphatic rings. The molecule has 2 aromatic heterocycles. The zero-order valence-electron chi connectivity index (χ0n) is 17.0. The van der Waals surface area contributed by atoms with Crippen LogP contribution >= 0.6 is 0 Å². The van der Waals surface area contributed by atoms with Crippen molar-refractivity contribution in [3.05, 3.63) is 84.2 Å². The number of nitrogens with two attached hydrogens (primary N) is 1. The molecule has 0 fully saturated rings. The Morgan fingerprint density at radius 3 is 2.59 bits per heavy atom. The predicted octanol–water partition coefficient (Wildman–Crippen LogP) is 3.36. The van der Waals surface area contributed by atoms with E-state index in [-0.39, 0.29) is 16.2 Å². The van der Waals surface area contributed by atoms with Crippen LogP contribution in [0.2, 0.25) is 0 Å². The van der Waals surface area contributed by atoms with E-state index in [0.717, 1.165) is 5.56 Å². The van der Waals surface area contributed by atoms with E-state index < -0.39 is 22.1 Å². The second kappa shape index (κ2) is 7.11. The number of hydrogen-bond donors (Lipinski definition) is 1. The molecule has 32 heavy (non-hydrogen) atoms. The molecule has 2 N–H and O–H groups in total. The first-order chi connectivity index (χ1) is 15.3. The molecule has 0 radical (unpaired) electrons. The van der Waals surface area contributed by atoms with Gasteiger partial charge in [0.1, 0.15) is 16.8 Å². The van der Waals surface area contributed by atoms with Gasteiger partial charge in [-0.15, -0.1) is 0 Å². The largest absolute Gasteiger partial charge is 0.378 e. The maximum absolute atomic E-state index is 13.4. The summed E-state index contributed by atoms with van der Waals surface area (Å²) in [5.41, 5.74) is 9.13. The molecule has 4 aromatic rings. The van der Waals surface area contributed by atoms with E-state index in [1.165, 1.54) is 30.5 Å². The molecule has 2 aromatic carbocycles. The number of carbonyl (C=O) groups is 1. The SMILES string of the molecule is C=CC(N)n1nc2c3c(c(OS(=O)(=O)c4ccc(C)cc4)ccc31)C(=O)c1cnccc1-2. The fourth-order valence-corrected chi connectivity index (χ4v) is 4.75. The van der Waals surface area contributed by atoms with E-state index in [0.29, 0.717) is 27.7 Å². The van der Waals surface area contributed by atoms with Gasteiger partial charge in [0.15, 0.2) is 11.5 Å². The Kier molecular flexibility index (Phi) is 4.47. The van der Waals surface area contributed by atoms with E-state index >= 15 is 0 Å². The smallest absolute Gasteiger partial charge is 0.339 e. The number of fused-ring (bicyclic) bond motifs is 2. The summed E-state index contributed by atoms with van der Waals surface area (Å²) < 4.78 is 32.9. The van der Waals surface area contributed by atoms with Gasteiger partial charge in [-0.05, 0) is 37.3 Å². The Balaban J connectivity index is 1.76. The minimum Gasteiger partial charge on any atom is -0.378 e. The molecule has 9 heteroatoms. The average Bonchev–Trinajstić information content (AvgIpc) is 3.17. The van der Waals surface area contributed by atoms with E-state index in [1.54, 1.807) is 35.1 Å². The van der Waals surface area contributed by atoms with Crippen molar-refractivity contribution >= 4 is 26.8 Å². The van der Waals surface area contributed by atoms with Gasteiger partial charge >= 0.3 is 10.1 Å². The van der Waals surface area contributed by atoms with Crippen LogP contribution in [0.3, 0.4) is 0 Å². The van der Waals surface area contributed by atoms with Gasteiger partial charge in [0.2, 0.25) is 0 Å². The van der Waals surface area contributed by atoms with Gasteiger partial charge in [0.25, 0.3) is 0 Å². The van der Waals surface area contributed by atoms with Crippen molar-refractivity contribution in [3.8, 4) is 17.0 Å². The molecule has 8 nitrogen and oxygen atoms in total. The van der Waals surface area contributed by atoms with Gasteiger partial charge in [-0.25, -0.2) is 4.68 Å². The van der Waals surface area contributed by atoms with Crippen molar-refractivity contribution in [2.75, 3.05) is 0 Å². The van der Waals surface area contributed by atoms with E-state index in [2.05, 4.69) is 16.7 Å². The fraction of sp³-hybridized carbons (Fsp3) is 0.0870. The van der Waals surface area contributed by atoms with Gasteiger partial charge in [-0.1, -0.05) is 30.4 Å². The third-order valence-electron chi connectivity index (χ3n) is 5.42. The number of aryl methyl sites for hydroxylation is 1. The van der Waals surface area contributed by atoms with Crippen LogP contribution in [0.25, 0.3) is 22.2 Å². The Morgan fingerprint density at radius 2 is 1.88 bits per heavy atom. The number of nitrogens with zero attached hydrogens (tertiary/aromatic N) is 3. The van der Waals surface area contributed by atoms with Gasteiger partial charge < -0.3 is 9.92 Å². The topological polar surface area (TPSA) is 117 Å². The van der Waals surface area contributed by atoms with Crippen molar-refractivity contribution in [2.45, 2.75) is 18.0 Å². The molecule has 0 bridgehead atoms. The van der Waals surface area contributed by atoms with Crippen LogP contribution in [0.15, 0.2) is 72.4 Å². The van der Waals surface area contributed by atoms with Crippen LogP contribution in [-0.2, 0) is 10.1 Å². The van der Waals surface area contributed by atoms with Gasteiger partial charge in [0, 0.05) is 23.3 Å². The molecule has 1 aliphatic carbocycles. The molecular formula is C23H18N4O4S. The van der Waals surface area contributed by atoms with Crippen LogP contribution in [0.4, 0.5) is 0 Å². The van der Waals surface area contributed by atoms with Crippen molar-refractivity contribution in [3.63, 3.8) is 0 Å². The first kappa shape index (κ1) is 20.1. The minimum absolute atomic E-state index is 0.00896. The Labute approximate surface area is 184 Å². The highest BCUT2D eigenvalue weighted by molar-refractivity contribution is 7.87. The number of pyridine rings is 1. The Morgan fingerprint density at radius 1 is 1.12 bits per heavy atom. The monoisotopic (exact) mass is 446 g/mol. The summed E-state index contributed by atoms with van der Waals surface area (Å²) in [4.78, 5) is 17.5.